The predicted octanol–water partition coefficient (Wildman–Crippen LogP) is 5.34. The third-order valence-electron chi connectivity index (χ3n) is 7.17. The van der Waals surface area contributed by atoms with Crippen LogP contribution in [0.2, 0.25) is 0 Å². The summed E-state index contributed by atoms with van der Waals surface area (Å²) in [5.74, 6) is 1.57. The number of rotatable bonds is 10. The summed E-state index contributed by atoms with van der Waals surface area (Å²) in [5.41, 5.74) is 5.87. The van der Waals surface area contributed by atoms with E-state index in [1.807, 2.05) is 54.1 Å². The number of para-hydroxylation sites is 1. The van der Waals surface area contributed by atoms with Gasteiger partial charge in [0.25, 0.3) is 5.56 Å². The molecule has 0 radical (unpaired) electrons. The lowest BCUT2D eigenvalue weighted by molar-refractivity contribution is 0.159. The molecule has 1 N–H and O–H groups in total. The Morgan fingerprint density at radius 2 is 1.72 bits per heavy atom. The number of nitrogens with zero attached hydrogens (tertiary/aromatic N) is 5. The van der Waals surface area contributed by atoms with Gasteiger partial charge in [-0.25, -0.2) is 4.68 Å². The fourth-order valence-electron chi connectivity index (χ4n) is 5.32. The zero-order valence-electron chi connectivity index (χ0n) is 22.9. The third-order valence-corrected chi connectivity index (χ3v) is 7.17. The third kappa shape index (κ3) is 5.76. The number of fused-ring (bicyclic) bond motifs is 1. The first-order valence-corrected chi connectivity index (χ1v) is 13.3. The summed E-state index contributed by atoms with van der Waals surface area (Å²) in [7, 11) is 1.68. The molecular weight excluding hydrogens is 488 g/mol. The molecule has 39 heavy (non-hydrogen) atoms. The SMILES string of the molecule is CC[C@H](c1nnnn1Cc1ccccc1)N(Cc1ccccc1OC)Cc1cc2cc(C)cc(C)c2[nH]c1=O. The molecule has 0 aliphatic carbocycles. The molecule has 5 aromatic rings. The molecule has 2 heterocycles. The molecule has 0 aliphatic heterocycles. The van der Waals surface area contributed by atoms with Crippen molar-refractivity contribution in [3.63, 3.8) is 0 Å². The average Bonchev–Trinajstić information content (AvgIpc) is 3.38. The van der Waals surface area contributed by atoms with E-state index in [1.165, 1.54) is 0 Å². The number of H-pyrrole nitrogens is 1. The first-order chi connectivity index (χ1) is 19.0. The molecule has 0 saturated heterocycles. The summed E-state index contributed by atoms with van der Waals surface area (Å²) in [5, 5.41) is 13.9. The second-order valence-electron chi connectivity index (χ2n) is 9.99. The molecule has 8 nitrogen and oxygen atoms in total. The molecule has 3 aromatic carbocycles. The Hall–Kier alpha value is -4.30. The van der Waals surface area contributed by atoms with Crippen LogP contribution in [0.5, 0.6) is 5.75 Å². The number of methoxy groups -OCH3 is 1. The average molecular weight is 523 g/mol. The number of tetrazole rings is 1. The molecule has 8 heteroatoms. The van der Waals surface area contributed by atoms with Gasteiger partial charge in [0.05, 0.1) is 25.2 Å². The van der Waals surface area contributed by atoms with Crippen molar-refractivity contribution in [2.24, 2.45) is 0 Å². The van der Waals surface area contributed by atoms with Gasteiger partial charge >= 0.3 is 0 Å². The van der Waals surface area contributed by atoms with Crippen LogP contribution in [0.1, 0.15) is 53.0 Å². The molecule has 5 rings (SSSR count). The summed E-state index contributed by atoms with van der Waals surface area (Å²) in [6.45, 7) is 7.78. The van der Waals surface area contributed by atoms with Crippen molar-refractivity contribution in [1.82, 2.24) is 30.1 Å². The largest absolute Gasteiger partial charge is 0.496 e. The Morgan fingerprint density at radius 3 is 2.49 bits per heavy atom. The van der Waals surface area contributed by atoms with E-state index in [4.69, 9.17) is 4.74 Å². The van der Waals surface area contributed by atoms with Gasteiger partial charge in [-0.05, 0) is 65.4 Å². The van der Waals surface area contributed by atoms with Crippen LogP contribution in [-0.4, -0.2) is 37.2 Å². The minimum atomic E-state index is -0.136. The highest BCUT2D eigenvalue weighted by Crippen LogP contribution is 2.29. The summed E-state index contributed by atoms with van der Waals surface area (Å²) < 4.78 is 7.53. The maximum absolute atomic E-state index is 13.3. The summed E-state index contributed by atoms with van der Waals surface area (Å²) in [6, 6.07) is 24.2. The minimum Gasteiger partial charge on any atom is -0.496 e. The van der Waals surface area contributed by atoms with Crippen LogP contribution in [0.3, 0.4) is 0 Å². The van der Waals surface area contributed by atoms with Crippen molar-refractivity contribution in [2.75, 3.05) is 7.11 Å². The number of aryl methyl sites for hydroxylation is 2. The van der Waals surface area contributed by atoms with Crippen LogP contribution in [0, 0.1) is 13.8 Å². The molecule has 1 atom stereocenters. The van der Waals surface area contributed by atoms with Gasteiger partial charge in [0, 0.05) is 24.2 Å². The smallest absolute Gasteiger partial charge is 0.252 e. The Bertz CT molecular complexity index is 1630. The topological polar surface area (TPSA) is 88.9 Å². The molecule has 2 aromatic heterocycles. The fraction of sp³-hybridized carbons (Fsp3) is 0.290. The standard InChI is InChI=1S/C31H34N6O2/c1-5-27(30-33-34-35-37(30)18-23-11-7-6-8-12-23)36(19-24-13-9-10-14-28(24)39-4)20-26-17-25-16-21(2)15-22(3)29(25)32-31(26)38/h6-17,27H,5,18-20H2,1-4H3,(H,32,38)/t27-/m1/s1. The van der Waals surface area contributed by atoms with Gasteiger partial charge in [-0.15, -0.1) is 5.10 Å². The second-order valence-corrected chi connectivity index (χ2v) is 9.99. The van der Waals surface area contributed by atoms with E-state index in [2.05, 4.69) is 69.6 Å². The minimum absolute atomic E-state index is 0.0850. The lowest BCUT2D eigenvalue weighted by atomic mass is 10.0. The molecule has 0 unspecified atom stereocenters. The maximum Gasteiger partial charge on any atom is 0.252 e. The van der Waals surface area contributed by atoms with Gasteiger partial charge in [0.1, 0.15) is 5.75 Å². The highest BCUT2D eigenvalue weighted by atomic mass is 16.5. The lowest BCUT2D eigenvalue weighted by Crippen LogP contribution is -2.32. The lowest BCUT2D eigenvalue weighted by Gasteiger charge is -2.30. The first-order valence-electron chi connectivity index (χ1n) is 13.3. The van der Waals surface area contributed by atoms with Crippen molar-refractivity contribution < 1.29 is 4.74 Å². The van der Waals surface area contributed by atoms with Gasteiger partial charge < -0.3 is 9.72 Å². The first kappa shape index (κ1) is 26.3. The van der Waals surface area contributed by atoms with Crippen LogP contribution < -0.4 is 10.3 Å². The van der Waals surface area contributed by atoms with Crippen LogP contribution in [0.25, 0.3) is 10.9 Å². The molecule has 0 amide bonds. The molecule has 0 spiro atoms. The van der Waals surface area contributed by atoms with Crippen molar-refractivity contribution in [1.29, 1.82) is 0 Å². The number of ether oxygens (including phenoxy) is 1. The highest BCUT2D eigenvalue weighted by Gasteiger charge is 2.27. The zero-order chi connectivity index (χ0) is 27.4. The van der Waals surface area contributed by atoms with Crippen LogP contribution >= 0.6 is 0 Å². The van der Waals surface area contributed by atoms with Crippen molar-refractivity contribution in [3.05, 3.63) is 117 Å². The highest BCUT2D eigenvalue weighted by molar-refractivity contribution is 5.82. The molecule has 0 aliphatic rings. The number of nitrogens with one attached hydrogen (secondary N) is 1. The summed E-state index contributed by atoms with van der Waals surface area (Å²) >= 11 is 0. The van der Waals surface area contributed by atoms with Gasteiger partial charge in [0.2, 0.25) is 0 Å². The number of hydrogen-bond acceptors (Lipinski definition) is 6. The van der Waals surface area contributed by atoms with Crippen LogP contribution in [0.15, 0.2) is 77.6 Å². The molecular formula is C31H34N6O2. The number of aromatic nitrogens is 5. The summed E-state index contributed by atoms with van der Waals surface area (Å²) in [4.78, 5) is 18.7. The number of aromatic amines is 1. The van der Waals surface area contributed by atoms with Gasteiger partial charge in [0.15, 0.2) is 5.82 Å². The van der Waals surface area contributed by atoms with Gasteiger partial charge in [-0.1, -0.05) is 67.1 Å². The Kier molecular flexibility index (Phi) is 7.84. The van der Waals surface area contributed by atoms with Gasteiger partial charge in [-0.2, -0.15) is 0 Å². The van der Waals surface area contributed by atoms with Crippen molar-refractivity contribution in [2.45, 2.75) is 52.9 Å². The maximum atomic E-state index is 13.3. The van der Waals surface area contributed by atoms with E-state index in [0.717, 1.165) is 51.2 Å². The van der Waals surface area contributed by atoms with E-state index >= 15 is 0 Å². The predicted molar refractivity (Wildman–Crippen MR) is 153 cm³/mol. The fourth-order valence-corrected chi connectivity index (χ4v) is 5.32. The van der Waals surface area contributed by atoms with Crippen molar-refractivity contribution in [3.8, 4) is 5.75 Å². The number of pyridine rings is 1. The van der Waals surface area contributed by atoms with Gasteiger partial charge in [-0.3, -0.25) is 9.69 Å². The van der Waals surface area contributed by atoms with E-state index in [-0.39, 0.29) is 11.6 Å². The van der Waals surface area contributed by atoms with E-state index in [9.17, 15) is 4.79 Å². The summed E-state index contributed by atoms with van der Waals surface area (Å²) in [6.07, 6.45) is 0.758. The number of hydrogen-bond donors (Lipinski definition) is 1. The van der Waals surface area contributed by atoms with Crippen molar-refractivity contribution >= 4 is 10.9 Å². The van der Waals surface area contributed by atoms with E-state index in [1.54, 1.807) is 7.11 Å². The zero-order valence-corrected chi connectivity index (χ0v) is 22.9. The Morgan fingerprint density at radius 1 is 0.974 bits per heavy atom. The van der Waals surface area contributed by atoms with Crippen LogP contribution in [0.4, 0.5) is 0 Å². The monoisotopic (exact) mass is 522 g/mol. The normalized spacial score (nSPS) is 12.2. The second kappa shape index (κ2) is 11.6. The Labute approximate surface area is 228 Å². The molecule has 0 bridgehead atoms. The van der Waals surface area contributed by atoms with E-state index < -0.39 is 0 Å². The molecule has 0 saturated carbocycles. The molecule has 200 valence electrons. The quantitative estimate of drug-likeness (QED) is 0.266. The molecule has 0 fully saturated rings. The van der Waals surface area contributed by atoms with E-state index in [0.29, 0.717) is 25.2 Å². The van der Waals surface area contributed by atoms with Crippen LogP contribution in [-0.2, 0) is 19.6 Å². The number of benzene rings is 3. The Balaban J connectivity index is 1.56.